The Morgan fingerprint density at radius 3 is 2.27 bits per heavy atom. The molecular weight excluding hydrogens is 470 g/mol. The van der Waals surface area contributed by atoms with Gasteiger partial charge in [-0.3, -0.25) is 0 Å². The summed E-state index contributed by atoms with van der Waals surface area (Å²) in [4.78, 5) is 28.8. The number of aromatic nitrogens is 3. The van der Waals surface area contributed by atoms with Gasteiger partial charge in [0.1, 0.15) is 12.2 Å². The zero-order chi connectivity index (χ0) is 26.0. The van der Waals surface area contributed by atoms with Crippen molar-refractivity contribution < 1.29 is 19.1 Å². The number of carbonyl (C=O) groups is 2. The summed E-state index contributed by atoms with van der Waals surface area (Å²) in [5.41, 5.74) is 6.16. The Morgan fingerprint density at radius 1 is 0.946 bits per heavy atom. The van der Waals surface area contributed by atoms with E-state index in [1.54, 1.807) is 37.7 Å². The third-order valence-electron chi connectivity index (χ3n) is 6.02. The molecule has 190 valence electrons. The van der Waals surface area contributed by atoms with Crippen molar-refractivity contribution in [2.45, 2.75) is 45.4 Å². The second kappa shape index (κ2) is 9.93. The first-order valence-electron chi connectivity index (χ1n) is 12.2. The number of amides is 2. The van der Waals surface area contributed by atoms with E-state index in [1.165, 1.54) is 22.3 Å². The van der Waals surface area contributed by atoms with E-state index in [1.807, 2.05) is 30.3 Å². The Morgan fingerprint density at radius 2 is 1.59 bits per heavy atom. The minimum Gasteiger partial charge on any atom is -0.449 e. The molecule has 0 radical (unpaired) electrons. The van der Waals surface area contributed by atoms with Gasteiger partial charge in [-0.25, -0.2) is 19.1 Å². The first-order valence-corrected chi connectivity index (χ1v) is 12.2. The van der Waals surface area contributed by atoms with Gasteiger partial charge >= 0.3 is 12.2 Å². The van der Waals surface area contributed by atoms with Crippen LogP contribution in [0.1, 0.15) is 49.1 Å². The molecule has 2 aromatic carbocycles. The predicted octanol–water partition coefficient (Wildman–Crippen LogP) is 4.79. The lowest BCUT2D eigenvalue weighted by molar-refractivity contribution is 0.0523. The van der Waals surface area contributed by atoms with Gasteiger partial charge in [0.05, 0.1) is 24.6 Å². The molecule has 0 saturated carbocycles. The maximum Gasteiger partial charge on any atom is 0.407 e. The van der Waals surface area contributed by atoms with Crippen molar-refractivity contribution in [3.8, 4) is 11.1 Å². The molecule has 4 aromatic rings. The van der Waals surface area contributed by atoms with Gasteiger partial charge in [-0.1, -0.05) is 48.5 Å². The van der Waals surface area contributed by atoms with Gasteiger partial charge in [0.2, 0.25) is 0 Å². The minimum absolute atomic E-state index is 0.00814. The maximum absolute atomic E-state index is 12.5. The lowest BCUT2D eigenvalue weighted by atomic mass is 9.98. The Labute approximate surface area is 214 Å². The van der Waals surface area contributed by atoms with E-state index < -0.39 is 17.8 Å². The van der Waals surface area contributed by atoms with Crippen molar-refractivity contribution in [2.75, 3.05) is 6.61 Å². The van der Waals surface area contributed by atoms with Crippen LogP contribution in [-0.4, -0.2) is 39.0 Å². The SMILES string of the molecule is CC(C)(C)OC(=O)NCc1cn2ncc(CNC(=O)OCC3c4ccccc4-c4ccccc43)cc2n1. The molecule has 1 aliphatic carbocycles. The van der Waals surface area contributed by atoms with Crippen LogP contribution in [-0.2, 0) is 22.6 Å². The van der Waals surface area contributed by atoms with Gasteiger partial charge in [-0.2, -0.15) is 5.10 Å². The monoisotopic (exact) mass is 499 g/mol. The summed E-state index contributed by atoms with van der Waals surface area (Å²) >= 11 is 0. The highest BCUT2D eigenvalue weighted by Crippen LogP contribution is 2.44. The number of rotatable bonds is 6. The topological polar surface area (TPSA) is 107 Å². The van der Waals surface area contributed by atoms with Crippen molar-refractivity contribution >= 4 is 17.8 Å². The number of carbonyl (C=O) groups excluding carboxylic acids is 2. The van der Waals surface area contributed by atoms with Crippen LogP contribution < -0.4 is 10.6 Å². The van der Waals surface area contributed by atoms with E-state index in [4.69, 9.17) is 9.47 Å². The van der Waals surface area contributed by atoms with Gasteiger partial charge in [-0.15, -0.1) is 0 Å². The fourth-order valence-corrected chi connectivity index (χ4v) is 4.45. The molecule has 9 heteroatoms. The first-order chi connectivity index (χ1) is 17.8. The normalized spacial score (nSPS) is 12.6. The van der Waals surface area contributed by atoms with Crippen LogP contribution in [0, 0.1) is 0 Å². The molecule has 2 aromatic heterocycles. The average molecular weight is 500 g/mol. The van der Waals surface area contributed by atoms with Gasteiger partial charge in [0.25, 0.3) is 0 Å². The van der Waals surface area contributed by atoms with E-state index in [9.17, 15) is 9.59 Å². The standard InChI is InChI=1S/C28H29N5O4/c1-28(2,3)37-27(35)30-15-19-16-33-25(32-19)12-18(14-31-33)13-29-26(34)36-17-24-22-10-6-4-8-20(22)21-9-5-7-11-23(21)24/h4-12,14,16,24H,13,15,17H2,1-3H3,(H,29,34)(H,30,35). The number of nitrogens with zero attached hydrogens (tertiary/aromatic N) is 3. The van der Waals surface area contributed by atoms with Crippen LogP contribution in [0.3, 0.4) is 0 Å². The fraction of sp³-hybridized carbons (Fsp3) is 0.286. The number of imidazole rings is 1. The summed E-state index contributed by atoms with van der Waals surface area (Å²) < 4.78 is 12.5. The highest BCUT2D eigenvalue weighted by Gasteiger charge is 2.29. The largest absolute Gasteiger partial charge is 0.449 e. The number of benzene rings is 2. The minimum atomic E-state index is -0.570. The zero-order valence-electron chi connectivity index (χ0n) is 21.0. The second-order valence-electron chi connectivity index (χ2n) is 9.93. The van der Waals surface area contributed by atoms with E-state index in [0.29, 0.717) is 11.3 Å². The lowest BCUT2D eigenvalue weighted by Crippen LogP contribution is -2.32. The van der Waals surface area contributed by atoms with Crippen molar-refractivity contribution in [2.24, 2.45) is 0 Å². The Kier molecular flexibility index (Phi) is 6.52. The number of hydrogen-bond donors (Lipinski definition) is 2. The number of alkyl carbamates (subject to hydrolysis) is 2. The summed E-state index contributed by atoms with van der Waals surface area (Å²) in [6, 6.07) is 18.3. The van der Waals surface area contributed by atoms with Crippen LogP contribution in [0.25, 0.3) is 16.8 Å². The highest BCUT2D eigenvalue weighted by atomic mass is 16.6. The molecule has 1 aliphatic rings. The van der Waals surface area contributed by atoms with Gasteiger partial charge < -0.3 is 20.1 Å². The van der Waals surface area contributed by atoms with E-state index in [-0.39, 0.29) is 25.6 Å². The molecule has 9 nitrogen and oxygen atoms in total. The zero-order valence-corrected chi connectivity index (χ0v) is 21.0. The second-order valence-corrected chi connectivity index (χ2v) is 9.93. The Balaban J connectivity index is 1.15. The van der Waals surface area contributed by atoms with Crippen molar-refractivity contribution in [3.63, 3.8) is 0 Å². The van der Waals surface area contributed by atoms with E-state index >= 15 is 0 Å². The van der Waals surface area contributed by atoms with Gasteiger partial charge in [-0.05, 0) is 54.7 Å². The van der Waals surface area contributed by atoms with Crippen LogP contribution in [0.15, 0.2) is 67.0 Å². The number of fused-ring (bicyclic) bond motifs is 4. The van der Waals surface area contributed by atoms with Gasteiger partial charge in [0.15, 0.2) is 5.65 Å². The first kappa shape index (κ1) is 24.3. The van der Waals surface area contributed by atoms with Crippen molar-refractivity contribution in [1.82, 2.24) is 25.2 Å². The third-order valence-corrected chi connectivity index (χ3v) is 6.02. The van der Waals surface area contributed by atoms with E-state index in [0.717, 1.165) is 5.56 Å². The van der Waals surface area contributed by atoms with Crippen LogP contribution in [0.4, 0.5) is 9.59 Å². The molecule has 0 aliphatic heterocycles. The summed E-state index contributed by atoms with van der Waals surface area (Å²) in [5, 5.41) is 9.82. The summed E-state index contributed by atoms with van der Waals surface area (Å²) in [6.45, 7) is 6.13. The van der Waals surface area contributed by atoms with Crippen molar-refractivity contribution in [1.29, 1.82) is 0 Å². The molecule has 2 N–H and O–H groups in total. The number of nitrogens with one attached hydrogen (secondary N) is 2. The van der Waals surface area contributed by atoms with Crippen molar-refractivity contribution in [3.05, 3.63) is 89.4 Å². The summed E-state index contributed by atoms with van der Waals surface area (Å²) in [5.74, 6) is 0.00814. The molecule has 0 saturated heterocycles. The molecule has 0 atom stereocenters. The van der Waals surface area contributed by atoms with Crippen LogP contribution >= 0.6 is 0 Å². The summed E-state index contributed by atoms with van der Waals surface area (Å²) in [7, 11) is 0. The van der Waals surface area contributed by atoms with E-state index in [2.05, 4.69) is 45.0 Å². The molecule has 2 heterocycles. The molecule has 0 unspecified atom stereocenters. The highest BCUT2D eigenvalue weighted by molar-refractivity contribution is 5.79. The van der Waals surface area contributed by atoms with Crippen LogP contribution in [0.2, 0.25) is 0 Å². The molecule has 0 bridgehead atoms. The quantitative estimate of drug-likeness (QED) is 0.395. The Hall–Kier alpha value is -4.40. The fourth-order valence-electron chi connectivity index (χ4n) is 4.45. The molecular formula is C28H29N5O4. The number of hydrogen-bond acceptors (Lipinski definition) is 6. The Bertz CT molecular complexity index is 1410. The number of ether oxygens (including phenoxy) is 2. The molecule has 0 fully saturated rings. The smallest absolute Gasteiger partial charge is 0.407 e. The molecule has 5 rings (SSSR count). The predicted molar refractivity (Wildman–Crippen MR) is 138 cm³/mol. The third kappa shape index (κ3) is 5.55. The molecule has 0 spiro atoms. The molecule has 2 amide bonds. The molecule has 37 heavy (non-hydrogen) atoms. The van der Waals surface area contributed by atoms with Gasteiger partial charge in [0, 0.05) is 12.5 Å². The summed E-state index contributed by atoms with van der Waals surface area (Å²) in [6.07, 6.45) is 2.39. The van der Waals surface area contributed by atoms with Crippen LogP contribution in [0.5, 0.6) is 0 Å². The maximum atomic E-state index is 12.5. The average Bonchev–Trinajstić information content (AvgIpc) is 3.42. The lowest BCUT2D eigenvalue weighted by Gasteiger charge is -2.19.